The zero-order chi connectivity index (χ0) is 14.7. The zero-order valence-electron chi connectivity index (χ0n) is 13.0. The highest BCUT2D eigenvalue weighted by atomic mass is 35.5. The van der Waals surface area contributed by atoms with Crippen LogP contribution in [0.1, 0.15) is 30.4 Å². The predicted octanol–water partition coefficient (Wildman–Crippen LogP) is 2.21. The van der Waals surface area contributed by atoms with Gasteiger partial charge < -0.3 is 11.1 Å². The SMILES string of the molecule is Cl.NCC1CCCN(CC(=O)Nc2ccc3c(c2)CCC3)C1. The van der Waals surface area contributed by atoms with E-state index in [9.17, 15) is 4.79 Å². The van der Waals surface area contributed by atoms with E-state index in [1.807, 2.05) is 6.07 Å². The highest BCUT2D eigenvalue weighted by Crippen LogP contribution is 2.25. The van der Waals surface area contributed by atoms with Crippen molar-refractivity contribution >= 4 is 24.0 Å². The third-order valence-electron chi connectivity index (χ3n) is 4.69. The van der Waals surface area contributed by atoms with Crippen molar-refractivity contribution in [3.8, 4) is 0 Å². The van der Waals surface area contributed by atoms with Gasteiger partial charge in [-0.15, -0.1) is 12.4 Å². The lowest BCUT2D eigenvalue weighted by atomic mass is 9.98. The molecule has 4 nitrogen and oxygen atoms in total. The Labute approximate surface area is 138 Å². The van der Waals surface area contributed by atoms with Crippen molar-refractivity contribution in [3.05, 3.63) is 29.3 Å². The third kappa shape index (κ3) is 4.22. The number of hydrogen-bond donors (Lipinski definition) is 2. The van der Waals surface area contributed by atoms with Gasteiger partial charge in [0.1, 0.15) is 0 Å². The van der Waals surface area contributed by atoms with E-state index in [1.165, 1.54) is 30.4 Å². The molecule has 3 N–H and O–H groups in total. The quantitative estimate of drug-likeness (QED) is 0.893. The molecule has 0 aromatic heterocycles. The molecule has 5 heteroatoms. The molecule has 1 saturated heterocycles. The summed E-state index contributed by atoms with van der Waals surface area (Å²) in [7, 11) is 0. The molecule has 2 aliphatic rings. The number of anilines is 1. The molecule has 1 amide bonds. The maximum Gasteiger partial charge on any atom is 0.238 e. The van der Waals surface area contributed by atoms with Crippen molar-refractivity contribution in [1.82, 2.24) is 4.90 Å². The summed E-state index contributed by atoms with van der Waals surface area (Å²) < 4.78 is 0. The normalized spacial score (nSPS) is 21.0. The summed E-state index contributed by atoms with van der Waals surface area (Å²) in [6, 6.07) is 6.32. The summed E-state index contributed by atoms with van der Waals surface area (Å²) in [4.78, 5) is 14.4. The number of nitrogens with one attached hydrogen (secondary N) is 1. The van der Waals surface area contributed by atoms with Gasteiger partial charge in [0.25, 0.3) is 0 Å². The van der Waals surface area contributed by atoms with Gasteiger partial charge >= 0.3 is 0 Å². The largest absolute Gasteiger partial charge is 0.330 e. The Morgan fingerprint density at radius 3 is 2.91 bits per heavy atom. The van der Waals surface area contributed by atoms with Crippen LogP contribution < -0.4 is 11.1 Å². The Hall–Kier alpha value is -1.10. The predicted molar refractivity (Wildman–Crippen MR) is 92.6 cm³/mol. The molecular weight excluding hydrogens is 298 g/mol. The molecule has 122 valence electrons. The van der Waals surface area contributed by atoms with Crippen LogP contribution in [0.2, 0.25) is 0 Å². The fourth-order valence-electron chi connectivity index (χ4n) is 3.54. The van der Waals surface area contributed by atoms with Crippen LogP contribution in [0.15, 0.2) is 18.2 Å². The summed E-state index contributed by atoms with van der Waals surface area (Å²) in [6.45, 7) is 3.17. The van der Waals surface area contributed by atoms with Gasteiger partial charge in [-0.25, -0.2) is 0 Å². The number of nitrogens with zero attached hydrogens (tertiary/aromatic N) is 1. The summed E-state index contributed by atoms with van der Waals surface area (Å²) >= 11 is 0. The van der Waals surface area contributed by atoms with Crippen LogP contribution in [0.5, 0.6) is 0 Å². The van der Waals surface area contributed by atoms with Crippen LogP contribution in [0.4, 0.5) is 5.69 Å². The Kier molecular flexibility index (Phi) is 6.24. The first-order chi connectivity index (χ1) is 10.2. The van der Waals surface area contributed by atoms with Crippen LogP contribution in [-0.4, -0.2) is 37.0 Å². The number of likely N-dealkylation sites (tertiary alicyclic amines) is 1. The van der Waals surface area contributed by atoms with E-state index >= 15 is 0 Å². The van der Waals surface area contributed by atoms with E-state index in [1.54, 1.807) is 0 Å². The average Bonchev–Trinajstić information content (AvgIpc) is 2.95. The number of aryl methyl sites for hydroxylation is 2. The number of fused-ring (bicyclic) bond motifs is 1. The van der Waals surface area contributed by atoms with Crippen molar-refractivity contribution in [2.75, 3.05) is 31.5 Å². The number of halogens is 1. The smallest absolute Gasteiger partial charge is 0.238 e. The molecule has 0 bridgehead atoms. The lowest BCUT2D eigenvalue weighted by Gasteiger charge is -2.31. The minimum atomic E-state index is 0. The summed E-state index contributed by atoms with van der Waals surface area (Å²) in [5, 5.41) is 3.04. The van der Waals surface area contributed by atoms with Crippen molar-refractivity contribution in [2.45, 2.75) is 32.1 Å². The molecule has 1 atom stereocenters. The highest BCUT2D eigenvalue weighted by molar-refractivity contribution is 5.92. The van der Waals surface area contributed by atoms with E-state index in [-0.39, 0.29) is 18.3 Å². The lowest BCUT2D eigenvalue weighted by Crippen LogP contribution is -2.42. The van der Waals surface area contributed by atoms with Gasteiger partial charge in [0.05, 0.1) is 6.54 Å². The van der Waals surface area contributed by atoms with Crippen molar-refractivity contribution in [2.24, 2.45) is 11.7 Å². The van der Waals surface area contributed by atoms with Gasteiger partial charge in [0.15, 0.2) is 0 Å². The fourth-order valence-corrected chi connectivity index (χ4v) is 3.54. The maximum absolute atomic E-state index is 12.2. The Bertz CT molecular complexity index is 521. The molecule has 1 aliphatic carbocycles. The second-order valence-corrected chi connectivity index (χ2v) is 6.36. The van der Waals surface area contributed by atoms with E-state index in [2.05, 4.69) is 22.3 Å². The highest BCUT2D eigenvalue weighted by Gasteiger charge is 2.20. The van der Waals surface area contributed by atoms with Crippen molar-refractivity contribution in [1.29, 1.82) is 0 Å². The Morgan fingerprint density at radius 2 is 2.09 bits per heavy atom. The minimum absolute atomic E-state index is 0. The average molecular weight is 324 g/mol. The van der Waals surface area contributed by atoms with Gasteiger partial charge in [-0.2, -0.15) is 0 Å². The molecule has 1 unspecified atom stereocenters. The van der Waals surface area contributed by atoms with Crippen LogP contribution in [-0.2, 0) is 17.6 Å². The first-order valence-corrected chi connectivity index (χ1v) is 8.08. The van der Waals surface area contributed by atoms with Gasteiger partial charge in [0.2, 0.25) is 5.91 Å². The molecule has 1 heterocycles. The van der Waals surface area contributed by atoms with Gasteiger partial charge in [0, 0.05) is 12.2 Å². The van der Waals surface area contributed by atoms with Crippen molar-refractivity contribution < 1.29 is 4.79 Å². The summed E-state index contributed by atoms with van der Waals surface area (Å²) in [5.74, 6) is 0.636. The maximum atomic E-state index is 12.2. The molecule has 1 aromatic rings. The Morgan fingerprint density at radius 1 is 1.27 bits per heavy atom. The molecule has 1 aromatic carbocycles. The van der Waals surface area contributed by atoms with E-state index in [0.29, 0.717) is 12.5 Å². The topological polar surface area (TPSA) is 58.4 Å². The summed E-state index contributed by atoms with van der Waals surface area (Å²) in [6.07, 6.45) is 5.90. The van der Waals surface area contributed by atoms with Crippen molar-refractivity contribution in [3.63, 3.8) is 0 Å². The Balaban J connectivity index is 0.00000176. The number of benzene rings is 1. The number of hydrogen-bond acceptors (Lipinski definition) is 3. The van der Waals surface area contributed by atoms with E-state index < -0.39 is 0 Å². The molecule has 0 spiro atoms. The fraction of sp³-hybridized carbons (Fsp3) is 0.588. The monoisotopic (exact) mass is 323 g/mol. The van der Waals surface area contributed by atoms with Crippen LogP contribution in [0.3, 0.4) is 0 Å². The first kappa shape index (κ1) is 17.3. The van der Waals surface area contributed by atoms with Gasteiger partial charge in [-0.3, -0.25) is 9.69 Å². The van der Waals surface area contributed by atoms with Crippen LogP contribution in [0, 0.1) is 5.92 Å². The van der Waals surface area contributed by atoms with E-state index in [4.69, 9.17) is 5.73 Å². The molecular formula is C17H26ClN3O. The number of carbonyl (C=O) groups excluding carboxylic acids is 1. The first-order valence-electron chi connectivity index (χ1n) is 8.08. The summed E-state index contributed by atoms with van der Waals surface area (Å²) in [5.41, 5.74) is 9.52. The van der Waals surface area contributed by atoms with Gasteiger partial charge in [-0.1, -0.05) is 6.07 Å². The second kappa shape index (κ2) is 7.95. The number of rotatable bonds is 4. The minimum Gasteiger partial charge on any atom is -0.330 e. The number of piperidine rings is 1. The van der Waals surface area contributed by atoms with Crippen LogP contribution in [0.25, 0.3) is 0 Å². The third-order valence-corrected chi connectivity index (χ3v) is 4.69. The lowest BCUT2D eigenvalue weighted by molar-refractivity contribution is -0.117. The number of carbonyl (C=O) groups is 1. The molecule has 0 saturated carbocycles. The molecule has 1 fully saturated rings. The molecule has 3 rings (SSSR count). The van der Waals surface area contributed by atoms with Gasteiger partial charge in [-0.05, 0) is 74.4 Å². The van der Waals surface area contributed by atoms with Crippen LogP contribution >= 0.6 is 12.4 Å². The molecule has 22 heavy (non-hydrogen) atoms. The molecule has 1 aliphatic heterocycles. The second-order valence-electron chi connectivity index (χ2n) is 6.36. The number of nitrogens with two attached hydrogens (primary N) is 1. The zero-order valence-corrected chi connectivity index (χ0v) is 13.8. The standard InChI is InChI=1S/C17H25N3O.ClH/c18-10-13-3-2-8-20(11-13)12-17(21)19-16-7-6-14-4-1-5-15(14)9-16;/h6-7,9,13H,1-5,8,10-12,18H2,(H,19,21);1H. The number of amides is 1. The molecule has 0 radical (unpaired) electrons. The van der Waals surface area contributed by atoms with E-state index in [0.717, 1.165) is 38.2 Å².